The third kappa shape index (κ3) is 3.67. The van der Waals surface area contributed by atoms with Gasteiger partial charge < -0.3 is 4.90 Å². The van der Waals surface area contributed by atoms with Crippen LogP contribution in [0.3, 0.4) is 0 Å². The molecule has 7 nitrogen and oxygen atoms in total. The van der Waals surface area contributed by atoms with E-state index in [1.807, 2.05) is 36.5 Å². The number of aromatic nitrogens is 2. The molecule has 3 amide bonds. The Morgan fingerprint density at radius 2 is 1.59 bits per heavy atom. The standard InChI is InChI=1S/C22H20N4O3/c1-24(14-16-13-23-26(15-16)17-7-3-2-4-8-17)20(27)11-12-25-21(28)18-9-5-6-10-19(18)22(25)29/h2-10,13,15H,11-12,14H2,1H3. The first kappa shape index (κ1) is 18.6. The number of carbonyl (C=O) groups is 3. The van der Waals surface area contributed by atoms with Crippen molar-refractivity contribution in [3.05, 3.63) is 83.7 Å². The smallest absolute Gasteiger partial charge is 0.261 e. The SMILES string of the molecule is CN(Cc1cnn(-c2ccccc2)c1)C(=O)CCN1C(=O)c2ccccc2C1=O. The van der Waals surface area contributed by atoms with Crippen molar-refractivity contribution in [2.75, 3.05) is 13.6 Å². The Kier molecular flexibility index (Phi) is 4.95. The van der Waals surface area contributed by atoms with Gasteiger partial charge >= 0.3 is 0 Å². The maximum absolute atomic E-state index is 12.5. The van der Waals surface area contributed by atoms with Crippen molar-refractivity contribution in [1.29, 1.82) is 0 Å². The molecule has 3 aromatic rings. The summed E-state index contributed by atoms with van der Waals surface area (Å²) >= 11 is 0. The lowest BCUT2D eigenvalue weighted by molar-refractivity contribution is -0.130. The van der Waals surface area contributed by atoms with Gasteiger partial charge in [0.1, 0.15) is 0 Å². The van der Waals surface area contributed by atoms with Crippen molar-refractivity contribution in [2.24, 2.45) is 0 Å². The lowest BCUT2D eigenvalue weighted by Gasteiger charge is -2.18. The van der Waals surface area contributed by atoms with Crippen molar-refractivity contribution in [1.82, 2.24) is 19.6 Å². The number of fused-ring (bicyclic) bond motifs is 1. The van der Waals surface area contributed by atoms with E-state index in [1.165, 1.54) is 0 Å². The summed E-state index contributed by atoms with van der Waals surface area (Å²) in [5.41, 5.74) is 2.63. The Morgan fingerprint density at radius 1 is 0.966 bits per heavy atom. The zero-order valence-electron chi connectivity index (χ0n) is 16.0. The molecule has 0 saturated carbocycles. The molecule has 7 heteroatoms. The van der Waals surface area contributed by atoms with E-state index in [-0.39, 0.29) is 30.7 Å². The molecule has 0 radical (unpaired) electrons. The maximum atomic E-state index is 12.5. The van der Waals surface area contributed by atoms with Crippen molar-refractivity contribution in [3.63, 3.8) is 0 Å². The third-order valence-electron chi connectivity index (χ3n) is 4.93. The van der Waals surface area contributed by atoms with E-state index in [1.54, 1.807) is 47.1 Å². The number of imide groups is 1. The second-order valence-corrected chi connectivity index (χ2v) is 6.94. The van der Waals surface area contributed by atoms with Crippen molar-refractivity contribution in [3.8, 4) is 5.69 Å². The molecule has 0 atom stereocenters. The molecule has 0 N–H and O–H groups in total. The summed E-state index contributed by atoms with van der Waals surface area (Å²) < 4.78 is 1.76. The quantitative estimate of drug-likeness (QED) is 0.608. The molecule has 1 aliphatic rings. The first-order chi connectivity index (χ1) is 14.0. The van der Waals surface area contributed by atoms with E-state index in [4.69, 9.17) is 0 Å². The van der Waals surface area contributed by atoms with Gasteiger partial charge in [-0.15, -0.1) is 0 Å². The summed E-state index contributed by atoms with van der Waals surface area (Å²) in [6, 6.07) is 16.4. The van der Waals surface area contributed by atoms with Crippen LogP contribution in [0.1, 0.15) is 32.7 Å². The highest BCUT2D eigenvalue weighted by atomic mass is 16.2. The molecule has 0 bridgehead atoms. The van der Waals surface area contributed by atoms with Gasteiger partial charge in [-0.1, -0.05) is 30.3 Å². The first-order valence-electron chi connectivity index (χ1n) is 9.33. The summed E-state index contributed by atoms with van der Waals surface area (Å²) in [6.45, 7) is 0.465. The summed E-state index contributed by atoms with van der Waals surface area (Å²) in [5, 5.41) is 4.33. The monoisotopic (exact) mass is 388 g/mol. The minimum absolute atomic E-state index is 0.0683. The van der Waals surface area contributed by atoms with Crippen molar-refractivity contribution >= 4 is 17.7 Å². The summed E-state index contributed by atoms with van der Waals surface area (Å²) in [7, 11) is 1.70. The Hall–Kier alpha value is -3.74. The molecule has 0 aliphatic carbocycles. The van der Waals surface area contributed by atoms with Crippen LogP contribution in [0.25, 0.3) is 5.69 Å². The Morgan fingerprint density at radius 3 is 2.24 bits per heavy atom. The minimum atomic E-state index is -0.342. The highest BCUT2D eigenvalue weighted by Gasteiger charge is 2.35. The normalized spacial score (nSPS) is 12.9. The molecule has 4 rings (SSSR count). The molecule has 0 saturated heterocycles. The molecule has 29 heavy (non-hydrogen) atoms. The zero-order chi connectivity index (χ0) is 20.4. The van der Waals surface area contributed by atoms with Gasteiger partial charge in [0.25, 0.3) is 11.8 Å². The van der Waals surface area contributed by atoms with Gasteiger partial charge in [0.2, 0.25) is 5.91 Å². The average molecular weight is 388 g/mol. The summed E-state index contributed by atoms with van der Waals surface area (Å²) in [6.07, 6.45) is 3.68. The lowest BCUT2D eigenvalue weighted by atomic mass is 10.1. The molecule has 0 fully saturated rings. The number of rotatable bonds is 6. The van der Waals surface area contributed by atoms with Crippen molar-refractivity contribution < 1.29 is 14.4 Å². The second-order valence-electron chi connectivity index (χ2n) is 6.94. The van der Waals surface area contributed by atoms with Crippen LogP contribution in [0.5, 0.6) is 0 Å². The van der Waals surface area contributed by atoms with Crippen LogP contribution in [0, 0.1) is 0 Å². The number of benzene rings is 2. The van der Waals surface area contributed by atoms with E-state index < -0.39 is 0 Å². The fourth-order valence-electron chi connectivity index (χ4n) is 3.37. The van der Waals surface area contributed by atoms with Gasteiger partial charge in [-0.25, -0.2) is 4.68 Å². The van der Waals surface area contributed by atoms with E-state index in [0.717, 1.165) is 16.2 Å². The largest absolute Gasteiger partial charge is 0.341 e. The van der Waals surface area contributed by atoms with Gasteiger partial charge in [0.15, 0.2) is 0 Å². The first-order valence-corrected chi connectivity index (χ1v) is 9.33. The van der Waals surface area contributed by atoms with Crippen LogP contribution in [0.4, 0.5) is 0 Å². The van der Waals surface area contributed by atoms with E-state index in [0.29, 0.717) is 17.7 Å². The van der Waals surface area contributed by atoms with E-state index in [2.05, 4.69) is 5.10 Å². The Labute approximate surface area is 168 Å². The number of hydrogen-bond acceptors (Lipinski definition) is 4. The van der Waals surface area contributed by atoms with Gasteiger partial charge in [0.05, 0.1) is 23.0 Å². The molecular weight excluding hydrogens is 368 g/mol. The lowest BCUT2D eigenvalue weighted by Crippen LogP contribution is -2.35. The molecule has 2 heterocycles. The Bertz CT molecular complexity index is 1040. The van der Waals surface area contributed by atoms with Crippen LogP contribution in [0.2, 0.25) is 0 Å². The van der Waals surface area contributed by atoms with Crippen LogP contribution < -0.4 is 0 Å². The van der Waals surface area contributed by atoms with E-state index >= 15 is 0 Å². The molecule has 1 aliphatic heterocycles. The molecule has 146 valence electrons. The van der Waals surface area contributed by atoms with Gasteiger partial charge in [0, 0.05) is 38.3 Å². The predicted octanol–water partition coefficient (Wildman–Crippen LogP) is 2.52. The van der Waals surface area contributed by atoms with E-state index in [9.17, 15) is 14.4 Å². The molecular formula is C22H20N4O3. The third-order valence-corrected chi connectivity index (χ3v) is 4.93. The second kappa shape index (κ2) is 7.71. The minimum Gasteiger partial charge on any atom is -0.341 e. The van der Waals surface area contributed by atoms with Gasteiger partial charge in [-0.3, -0.25) is 19.3 Å². The number of para-hydroxylation sites is 1. The average Bonchev–Trinajstić information content (AvgIpc) is 3.31. The fourth-order valence-corrected chi connectivity index (χ4v) is 3.37. The predicted molar refractivity (Wildman–Crippen MR) is 106 cm³/mol. The molecule has 0 spiro atoms. The molecule has 2 aromatic carbocycles. The topological polar surface area (TPSA) is 75.5 Å². The number of carbonyl (C=O) groups excluding carboxylic acids is 3. The highest BCUT2D eigenvalue weighted by Crippen LogP contribution is 2.22. The van der Waals surface area contributed by atoms with Gasteiger partial charge in [-0.05, 0) is 24.3 Å². The van der Waals surface area contributed by atoms with Crippen LogP contribution in [-0.4, -0.2) is 50.9 Å². The number of hydrogen-bond donors (Lipinski definition) is 0. The molecule has 0 unspecified atom stereocenters. The summed E-state index contributed by atoms with van der Waals surface area (Å²) in [5.74, 6) is -0.829. The Balaban J connectivity index is 1.34. The molecule has 1 aromatic heterocycles. The van der Waals surface area contributed by atoms with Crippen LogP contribution >= 0.6 is 0 Å². The van der Waals surface area contributed by atoms with Crippen molar-refractivity contribution in [2.45, 2.75) is 13.0 Å². The van der Waals surface area contributed by atoms with Gasteiger partial charge in [-0.2, -0.15) is 5.10 Å². The highest BCUT2D eigenvalue weighted by molar-refractivity contribution is 6.21. The number of amides is 3. The number of nitrogens with zero attached hydrogens (tertiary/aromatic N) is 4. The van der Waals surface area contributed by atoms with Crippen LogP contribution in [-0.2, 0) is 11.3 Å². The summed E-state index contributed by atoms with van der Waals surface area (Å²) in [4.78, 5) is 40.0. The maximum Gasteiger partial charge on any atom is 0.261 e. The zero-order valence-corrected chi connectivity index (χ0v) is 16.0. The van der Waals surface area contributed by atoms with Crippen LogP contribution in [0.15, 0.2) is 67.0 Å². The fraction of sp³-hybridized carbons (Fsp3) is 0.182.